The molecule has 0 bridgehead atoms. The Kier molecular flexibility index (Phi) is 6.95. The minimum Gasteiger partial charge on any atom is -0.462 e. The Morgan fingerprint density at radius 3 is 2.61 bits per heavy atom. The molecule has 0 amide bonds. The number of rotatable bonds is 5. The summed E-state index contributed by atoms with van der Waals surface area (Å²) in [5.41, 5.74) is 2.47. The zero-order valence-corrected chi connectivity index (χ0v) is 16.7. The fourth-order valence-electron chi connectivity index (χ4n) is 3.26. The summed E-state index contributed by atoms with van der Waals surface area (Å²) in [6, 6.07) is 13.8. The lowest BCUT2D eigenvalue weighted by atomic mass is 10.2. The topological polar surface area (TPSA) is 46.0 Å². The predicted molar refractivity (Wildman–Crippen MR) is 111 cm³/mol. The number of quaternary nitrogens is 1. The van der Waals surface area contributed by atoms with Gasteiger partial charge in [0.1, 0.15) is 12.4 Å². The highest BCUT2D eigenvalue weighted by atomic mass is 32.1. The number of halogens is 1. The van der Waals surface area contributed by atoms with Crippen molar-refractivity contribution < 1.29 is 18.8 Å². The SMILES string of the molecule is CCOC(=O)c1ccc(NC(=S)N2CCC[NH+](Cc3ccc(F)cc3)C2)cc1. The van der Waals surface area contributed by atoms with Crippen LogP contribution >= 0.6 is 12.2 Å². The van der Waals surface area contributed by atoms with Crippen LogP contribution in [0.2, 0.25) is 0 Å². The highest BCUT2D eigenvalue weighted by Crippen LogP contribution is 2.12. The number of thiocarbonyl (C=S) groups is 1. The van der Waals surface area contributed by atoms with Crippen molar-refractivity contribution in [3.63, 3.8) is 0 Å². The quantitative estimate of drug-likeness (QED) is 0.594. The molecule has 1 fully saturated rings. The van der Waals surface area contributed by atoms with Gasteiger partial charge in [-0.2, -0.15) is 0 Å². The molecule has 0 aromatic heterocycles. The number of hydrogen-bond donors (Lipinski definition) is 2. The Morgan fingerprint density at radius 2 is 1.93 bits per heavy atom. The van der Waals surface area contributed by atoms with Crippen molar-refractivity contribution in [1.29, 1.82) is 0 Å². The van der Waals surface area contributed by atoms with Crippen LogP contribution in [0.25, 0.3) is 0 Å². The molecule has 1 atom stereocenters. The van der Waals surface area contributed by atoms with E-state index in [0.717, 1.165) is 44.0 Å². The van der Waals surface area contributed by atoms with E-state index in [1.165, 1.54) is 17.0 Å². The predicted octanol–water partition coefficient (Wildman–Crippen LogP) is 2.45. The van der Waals surface area contributed by atoms with Crippen molar-refractivity contribution in [3.05, 3.63) is 65.5 Å². The van der Waals surface area contributed by atoms with E-state index in [4.69, 9.17) is 17.0 Å². The maximum absolute atomic E-state index is 13.1. The van der Waals surface area contributed by atoms with Gasteiger partial charge in [0.2, 0.25) is 0 Å². The Bertz CT molecular complexity index is 811. The van der Waals surface area contributed by atoms with E-state index in [2.05, 4.69) is 10.2 Å². The Hall–Kier alpha value is -2.51. The third-order valence-corrected chi connectivity index (χ3v) is 5.03. The van der Waals surface area contributed by atoms with Gasteiger partial charge in [0.25, 0.3) is 0 Å². The molecule has 0 radical (unpaired) electrons. The van der Waals surface area contributed by atoms with Gasteiger partial charge in [0.15, 0.2) is 11.8 Å². The molecule has 148 valence electrons. The molecule has 1 unspecified atom stereocenters. The van der Waals surface area contributed by atoms with Gasteiger partial charge in [0.05, 0.1) is 18.7 Å². The van der Waals surface area contributed by atoms with E-state index in [-0.39, 0.29) is 11.8 Å². The van der Waals surface area contributed by atoms with Crippen molar-refractivity contribution in [2.75, 3.05) is 31.7 Å². The van der Waals surface area contributed by atoms with Gasteiger partial charge < -0.3 is 19.9 Å². The van der Waals surface area contributed by atoms with Gasteiger partial charge in [-0.3, -0.25) is 0 Å². The van der Waals surface area contributed by atoms with Crippen LogP contribution in [-0.2, 0) is 11.3 Å². The first-order valence-corrected chi connectivity index (χ1v) is 9.87. The number of nitrogens with zero attached hydrogens (tertiary/aromatic N) is 1. The van der Waals surface area contributed by atoms with Crippen molar-refractivity contribution in [1.82, 2.24) is 4.90 Å². The van der Waals surface area contributed by atoms with Crippen LogP contribution in [0.3, 0.4) is 0 Å². The minimum atomic E-state index is -0.326. The Balaban J connectivity index is 1.55. The number of ether oxygens (including phenoxy) is 1. The minimum absolute atomic E-state index is 0.210. The third kappa shape index (κ3) is 5.50. The summed E-state index contributed by atoms with van der Waals surface area (Å²) >= 11 is 5.58. The molecule has 1 aliphatic heterocycles. The maximum atomic E-state index is 13.1. The second-order valence-electron chi connectivity index (χ2n) is 6.81. The van der Waals surface area contributed by atoms with Crippen LogP contribution < -0.4 is 10.2 Å². The van der Waals surface area contributed by atoms with Crippen molar-refractivity contribution in [3.8, 4) is 0 Å². The van der Waals surface area contributed by atoms with Gasteiger partial charge in [-0.15, -0.1) is 0 Å². The van der Waals surface area contributed by atoms with E-state index < -0.39 is 0 Å². The summed E-state index contributed by atoms with van der Waals surface area (Å²) < 4.78 is 18.1. The second-order valence-corrected chi connectivity index (χ2v) is 7.19. The number of nitrogens with one attached hydrogen (secondary N) is 2. The lowest BCUT2D eigenvalue weighted by molar-refractivity contribution is -0.927. The first-order chi connectivity index (χ1) is 13.5. The van der Waals surface area contributed by atoms with E-state index in [0.29, 0.717) is 17.3 Å². The molecule has 1 saturated heterocycles. The summed E-state index contributed by atoms with van der Waals surface area (Å²) in [4.78, 5) is 15.3. The van der Waals surface area contributed by atoms with Crippen molar-refractivity contribution in [2.24, 2.45) is 0 Å². The first-order valence-electron chi connectivity index (χ1n) is 9.46. The third-order valence-electron chi connectivity index (χ3n) is 4.67. The zero-order chi connectivity index (χ0) is 19.9. The lowest BCUT2D eigenvalue weighted by Crippen LogP contribution is -3.13. The fraction of sp³-hybridized carbons (Fsp3) is 0.333. The number of esters is 1. The molecule has 1 aliphatic rings. The molecule has 2 N–H and O–H groups in total. The highest BCUT2D eigenvalue weighted by molar-refractivity contribution is 7.80. The monoisotopic (exact) mass is 402 g/mol. The highest BCUT2D eigenvalue weighted by Gasteiger charge is 2.22. The summed E-state index contributed by atoms with van der Waals surface area (Å²) in [6.07, 6.45) is 1.04. The van der Waals surface area contributed by atoms with Gasteiger partial charge in [-0.05, 0) is 55.5 Å². The van der Waals surface area contributed by atoms with Crippen LogP contribution in [0, 0.1) is 5.82 Å². The van der Waals surface area contributed by atoms with E-state index >= 15 is 0 Å². The molecular weight excluding hydrogens is 377 g/mol. The number of benzene rings is 2. The summed E-state index contributed by atoms with van der Waals surface area (Å²) in [7, 11) is 0. The number of carbonyl (C=O) groups is 1. The van der Waals surface area contributed by atoms with Crippen molar-refractivity contribution in [2.45, 2.75) is 19.9 Å². The van der Waals surface area contributed by atoms with Gasteiger partial charge in [0, 0.05) is 24.2 Å². The molecule has 7 heteroatoms. The van der Waals surface area contributed by atoms with Crippen LogP contribution in [0.4, 0.5) is 10.1 Å². The second kappa shape index (κ2) is 9.61. The molecular formula is C21H25FN3O2S+. The van der Waals surface area contributed by atoms with Crippen LogP contribution in [0.15, 0.2) is 48.5 Å². The molecule has 1 heterocycles. The number of hydrogen-bond acceptors (Lipinski definition) is 3. The van der Waals surface area contributed by atoms with E-state index in [1.807, 2.05) is 24.3 Å². The van der Waals surface area contributed by atoms with Gasteiger partial charge in [-0.1, -0.05) is 12.1 Å². The lowest BCUT2D eigenvalue weighted by Gasteiger charge is -2.34. The number of anilines is 1. The van der Waals surface area contributed by atoms with E-state index in [9.17, 15) is 9.18 Å². The Morgan fingerprint density at radius 1 is 1.21 bits per heavy atom. The fourth-order valence-corrected chi connectivity index (χ4v) is 3.54. The van der Waals surface area contributed by atoms with Crippen LogP contribution in [0.1, 0.15) is 29.3 Å². The van der Waals surface area contributed by atoms with Crippen molar-refractivity contribution >= 4 is 29.0 Å². The molecule has 0 saturated carbocycles. The molecule has 2 aromatic carbocycles. The average molecular weight is 403 g/mol. The summed E-state index contributed by atoms with van der Waals surface area (Å²) in [6.45, 7) is 5.74. The summed E-state index contributed by atoms with van der Waals surface area (Å²) in [5.74, 6) is -0.536. The molecule has 0 spiro atoms. The molecule has 2 aromatic rings. The van der Waals surface area contributed by atoms with Gasteiger partial charge >= 0.3 is 5.97 Å². The molecule has 28 heavy (non-hydrogen) atoms. The van der Waals surface area contributed by atoms with Gasteiger partial charge in [-0.25, -0.2) is 9.18 Å². The van der Waals surface area contributed by atoms with Crippen LogP contribution in [-0.4, -0.2) is 42.3 Å². The van der Waals surface area contributed by atoms with E-state index in [1.54, 1.807) is 19.1 Å². The average Bonchev–Trinajstić information content (AvgIpc) is 2.71. The van der Waals surface area contributed by atoms with Crippen LogP contribution in [0.5, 0.6) is 0 Å². The molecule has 0 aliphatic carbocycles. The zero-order valence-electron chi connectivity index (χ0n) is 15.9. The number of carbonyl (C=O) groups excluding carboxylic acids is 1. The maximum Gasteiger partial charge on any atom is 0.338 e. The smallest absolute Gasteiger partial charge is 0.338 e. The molecule has 5 nitrogen and oxygen atoms in total. The normalized spacial score (nSPS) is 16.5. The standard InChI is InChI=1S/C21H24FN3O2S/c1-2-27-20(26)17-6-10-19(11-7-17)23-21(28)25-13-3-12-24(15-25)14-16-4-8-18(22)9-5-16/h4-11H,2-3,12-15H2,1H3,(H,23,28)/p+1. The Labute approximate surface area is 170 Å². The largest absolute Gasteiger partial charge is 0.462 e. The summed E-state index contributed by atoms with van der Waals surface area (Å²) in [5, 5.41) is 3.91. The first kappa shape index (κ1) is 20.2. The molecule has 3 rings (SSSR count).